The number of benzene rings is 4. The van der Waals surface area contributed by atoms with Crippen molar-refractivity contribution in [2.24, 2.45) is 0 Å². The van der Waals surface area contributed by atoms with E-state index in [2.05, 4.69) is 9.65 Å². The van der Waals surface area contributed by atoms with Gasteiger partial charge in [0.2, 0.25) is 7.29 Å². The number of para-hydroxylation sites is 1. The first-order valence-corrected chi connectivity index (χ1v) is 14.3. The molecule has 37 heavy (non-hydrogen) atoms. The first kappa shape index (κ1) is 25.1. The molecule has 1 heterocycles. The molecule has 0 atom stereocenters. The summed E-state index contributed by atoms with van der Waals surface area (Å²) in [4.78, 5) is 4.75. The van der Waals surface area contributed by atoms with Crippen LogP contribution in [0.4, 0.5) is 5.69 Å². The number of anilines is 1. The molecule has 0 aliphatic heterocycles. The lowest BCUT2D eigenvalue weighted by atomic mass is 10.2. The van der Waals surface area contributed by atoms with E-state index in [9.17, 15) is 4.57 Å². The van der Waals surface area contributed by atoms with Gasteiger partial charge in [-0.05, 0) is 48.4 Å². The Morgan fingerprint density at radius 3 is 1.84 bits per heavy atom. The highest BCUT2D eigenvalue weighted by molar-refractivity contribution is 7.72. The van der Waals surface area contributed by atoms with Crippen LogP contribution in [-0.4, -0.2) is 9.55 Å². The minimum atomic E-state index is -3.40. The van der Waals surface area contributed by atoms with E-state index in [1.54, 1.807) is 11.6 Å². The fraction of sp³-hybridized carbons (Fsp3) is 0.0333. The highest BCUT2D eigenvalue weighted by Gasteiger charge is 2.20. The summed E-state index contributed by atoms with van der Waals surface area (Å²) >= 11 is 13.3. The second-order valence-corrected chi connectivity index (χ2v) is 11.5. The van der Waals surface area contributed by atoms with Crippen molar-refractivity contribution in [3.63, 3.8) is 0 Å². The normalized spacial score (nSPS) is 13.9. The summed E-state index contributed by atoms with van der Waals surface area (Å²) in [5, 5.41) is 3.94. The third-order valence-electron chi connectivity index (χ3n) is 5.85. The van der Waals surface area contributed by atoms with E-state index in [0.717, 1.165) is 33.7 Å². The quantitative estimate of drug-likeness (QED) is 0.208. The smallest absolute Gasteiger partial charge is 0.216 e. The van der Waals surface area contributed by atoms with Crippen molar-refractivity contribution < 1.29 is 4.57 Å². The van der Waals surface area contributed by atoms with Gasteiger partial charge in [-0.2, -0.15) is 0 Å². The number of nitrogens with zero attached hydrogens (tertiary/aromatic N) is 2. The molecule has 7 heteroatoms. The monoisotopic (exact) mass is 543 g/mol. The molecular weight excluding hydrogens is 520 g/mol. The van der Waals surface area contributed by atoms with Crippen molar-refractivity contribution in [2.75, 3.05) is 5.09 Å². The lowest BCUT2D eigenvalue weighted by molar-refractivity contribution is 0.589. The van der Waals surface area contributed by atoms with Crippen LogP contribution >= 0.6 is 30.5 Å². The number of aryl methyl sites for hydroxylation is 1. The van der Waals surface area contributed by atoms with E-state index in [0.29, 0.717) is 15.8 Å². The number of hydrogen-bond donors (Lipinski definition) is 1. The summed E-state index contributed by atoms with van der Waals surface area (Å²) in [6.45, 7) is 1.97. The van der Waals surface area contributed by atoms with Crippen molar-refractivity contribution in [1.29, 1.82) is 0 Å². The summed E-state index contributed by atoms with van der Waals surface area (Å²) in [5.74, 6) is 3.96. The molecule has 5 rings (SSSR count). The van der Waals surface area contributed by atoms with Gasteiger partial charge in [-0.25, -0.2) is 4.98 Å². The molecule has 1 aromatic heterocycles. The second kappa shape index (κ2) is 10.8. The van der Waals surface area contributed by atoms with E-state index in [1.807, 2.05) is 116 Å². The molecule has 1 N–H and O–H groups in total. The SMILES string of the molecule is Cc1nc2cc(NP(=O)(C=C(Cl)c3ccccc3)C=C(Cl)c3ccccc3)ccc2n1-c1ccccc1. The molecule has 4 nitrogen and oxygen atoms in total. The van der Waals surface area contributed by atoms with Crippen LogP contribution in [0.1, 0.15) is 17.0 Å². The second-order valence-electron chi connectivity index (χ2n) is 8.54. The van der Waals surface area contributed by atoms with Gasteiger partial charge in [0.25, 0.3) is 0 Å². The van der Waals surface area contributed by atoms with Crippen molar-refractivity contribution in [3.8, 4) is 5.69 Å². The first-order valence-electron chi connectivity index (χ1n) is 11.7. The molecule has 0 fully saturated rings. The lowest BCUT2D eigenvalue weighted by Crippen LogP contribution is -1.97. The predicted molar refractivity (Wildman–Crippen MR) is 158 cm³/mol. The molecule has 0 unspecified atom stereocenters. The zero-order chi connectivity index (χ0) is 25.8. The number of imidazole rings is 1. The molecule has 0 saturated carbocycles. The average Bonchev–Trinajstić information content (AvgIpc) is 3.24. The molecule has 5 aromatic rings. The third kappa shape index (κ3) is 5.73. The molecule has 4 aromatic carbocycles. The van der Waals surface area contributed by atoms with Crippen molar-refractivity contribution >= 4 is 57.3 Å². The van der Waals surface area contributed by atoms with Crippen LogP contribution in [0.25, 0.3) is 26.8 Å². The summed E-state index contributed by atoms with van der Waals surface area (Å²) in [7, 11) is -3.40. The van der Waals surface area contributed by atoms with Gasteiger partial charge in [0, 0.05) is 23.0 Å². The van der Waals surface area contributed by atoms with Gasteiger partial charge in [-0.15, -0.1) is 0 Å². The maximum absolute atomic E-state index is 14.3. The van der Waals surface area contributed by atoms with E-state index in [1.165, 1.54) is 0 Å². The fourth-order valence-corrected chi connectivity index (χ4v) is 7.00. The minimum absolute atomic E-state index is 0.371. The van der Waals surface area contributed by atoms with Crippen molar-refractivity contribution in [3.05, 3.63) is 138 Å². The molecule has 0 bridgehead atoms. The summed E-state index contributed by atoms with van der Waals surface area (Å²) in [5.41, 5.74) is 4.96. The van der Waals surface area contributed by atoms with E-state index < -0.39 is 7.29 Å². The van der Waals surface area contributed by atoms with Gasteiger partial charge < -0.3 is 5.09 Å². The zero-order valence-electron chi connectivity index (χ0n) is 20.1. The molecule has 184 valence electrons. The number of fused-ring (bicyclic) bond motifs is 1. The van der Waals surface area contributed by atoms with Crippen LogP contribution in [0.3, 0.4) is 0 Å². The Labute approximate surface area is 226 Å². The standard InChI is InChI=1S/C30H24Cl2N3OP/c1-22-33-29-19-25(17-18-30(29)35(22)26-15-9-4-10-16-26)34-37(36,20-27(31)23-11-5-2-6-12-23)21-28(32)24-13-7-3-8-14-24/h2-21H,1H3,(H,34,36). The van der Waals surface area contributed by atoms with E-state index in [-0.39, 0.29) is 0 Å². The molecule has 0 saturated heterocycles. The number of hydrogen-bond acceptors (Lipinski definition) is 2. The Bertz CT molecular complexity index is 1590. The summed E-state index contributed by atoms with van der Waals surface area (Å²) < 4.78 is 16.4. The van der Waals surface area contributed by atoms with Crippen LogP contribution in [0.2, 0.25) is 0 Å². The molecular formula is C30H24Cl2N3OP. The van der Waals surface area contributed by atoms with Gasteiger partial charge in [-0.1, -0.05) is 102 Å². The molecule has 0 spiro atoms. The summed E-state index contributed by atoms with van der Waals surface area (Å²) in [6, 6.07) is 34.7. The Balaban J connectivity index is 1.56. The van der Waals surface area contributed by atoms with Gasteiger partial charge in [0.05, 0.1) is 21.1 Å². The topological polar surface area (TPSA) is 46.9 Å². The Hall–Kier alpha value is -3.56. The Morgan fingerprint density at radius 2 is 1.30 bits per heavy atom. The average molecular weight is 544 g/mol. The van der Waals surface area contributed by atoms with Crippen LogP contribution in [0, 0.1) is 6.92 Å². The summed E-state index contributed by atoms with van der Waals surface area (Å²) in [6.07, 6.45) is 0. The zero-order valence-corrected chi connectivity index (χ0v) is 22.5. The highest BCUT2D eigenvalue weighted by Crippen LogP contribution is 2.53. The lowest BCUT2D eigenvalue weighted by Gasteiger charge is -2.16. The fourth-order valence-electron chi connectivity index (χ4n) is 4.16. The van der Waals surface area contributed by atoms with Gasteiger partial charge in [0.15, 0.2) is 0 Å². The molecule has 0 aliphatic carbocycles. The predicted octanol–water partition coefficient (Wildman–Crippen LogP) is 9.50. The maximum atomic E-state index is 14.3. The number of rotatable bonds is 7. The van der Waals surface area contributed by atoms with Crippen molar-refractivity contribution in [1.82, 2.24) is 9.55 Å². The highest BCUT2D eigenvalue weighted by atomic mass is 35.5. The third-order valence-corrected chi connectivity index (χ3v) is 8.70. The largest absolute Gasteiger partial charge is 0.330 e. The minimum Gasteiger partial charge on any atom is -0.330 e. The van der Waals surface area contributed by atoms with Crippen LogP contribution < -0.4 is 5.09 Å². The van der Waals surface area contributed by atoms with Crippen LogP contribution in [0.15, 0.2) is 121 Å². The van der Waals surface area contributed by atoms with Crippen molar-refractivity contribution in [2.45, 2.75) is 6.92 Å². The number of halogens is 2. The Morgan fingerprint density at radius 1 is 0.784 bits per heavy atom. The van der Waals surface area contributed by atoms with Gasteiger partial charge in [0.1, 0.15) is 5.82 Å². The molecule has 0 radical (unpaired) electrons. The van der Waals surface area contributed by atoms with E-state index in [4.69, 9.17) is 28.2 Å². The van der Waals surface area contributed by atoms with Gasteiger partial charge in [-0.3, -0.25) is 9.13 Å². The van der Waals surface area contributed by atoms with Gasteiger partial charge >= 0.3 is 0 Å². The maximum Gasteiger partial charge on any atom is 0.216 e. The van der Waals surface area contributed by atoms with E-state index >= 15 is 0 Å². The first-order chi connectivity index (χ1) is 17.9. The molecule has 0 aliphatic rings. The van der Waals surface area contributed by atoms with Crippen LogP contribution in [0.5, 0.6) is 0 Å². The number of nitrogens with one attached hydrogen (secondary N) is 1. The Kier molecular flexibility index (Phi) is 7.34. The number of aromatic nitrogens is 2. The molecule has 0 amide bonds. The van der Waals surface area contributed by atoms with Crippen LogP contribution in [-0.2, 0) is 4.57 Å².